The van der Waals surface area contributed by atoms with E-state index in [1.807, 2.05) is 0 Å². The van der Waals surface area contributed by atoms with Crippen molar-refractivity contribution in [2.45, 2.75) is 13.1 Å². The number of rotatable bonds is 6. The van der Waals surface area contributed by atoms with Gasteiger partial charge in [0.2, 0.25) is 0 Å². The van der Waals surface area contributed by atoms with Gasteiger partial charge in [0.05, 0.1) is 27.9 Å². The zero-order valence-electron chi connectivity index (χ0n) is 11.2. The highest BCUT2D eigenvalue weighted by Gasteiger charge is 2.41. The molecule has 0 saturated heterocycles. The molecule has 1 atom stereocenters. The lowest BCUT2D eigenvalue weighted by Gasteiger charge is -2.14. The predicted octanol–water partition coefficient (Wildman–Crippen LogP) is 1.21. The molecule has 0 aliphatic rings. The summed E-state index contributed by atoms with van der Waals surface area (Å²) in [6.07, 6.45) is -2.16. The molecule has 13 nitrogen and oxygen atoms in total. The Hall–Kier alpha value is -3.38. The molecule has 1 unspecified atom stereocenters. The third-order valence-electron chi connectivity index (χ3n) is 2.83. The molecule has 0 saturated carbocycles. The molecule has 0 amide bonds. The molecular weight excluding hydrogens is 306 g/mol. The zero-order valence-corrected chi connectivity index (χ0v) is 11.2. The van der Waals surface area contributed by atoms with Crippen LogP contribution in [0.2, 0.25) is 0 Å². The van der Waals surface area contributed by atoms with Crippen LogP contribution in [0.3, 0.4) is 0 Å². The molecule has 1 aromatic carbocycles. The van der Waals surface area contributed by atoms with E-state index in [0.29, 0.717) is 6.07 Å². The van der Waals surface area contributed by atoms with Gasteiger partial charge in [-0.05, 0) is 13.0 Å². The first-order valence-corrected chi connectivity index (χ1v) is 5.51. The van der Waals surface area contributed by atoms with E-state index in [-0.39, 0.29) is 10.6 Å². The highest BCUT2D eigenvalue weighted by atomic mass is 16.7. The fourth-order valence-corrected chi connectivity index (χ4v) is 1.81. The smallest absolute Gasteiger partial charge is 0.262 e. The number of hydrazine groups is 1. The molecule has 13 heteroatoms. The summed E-state index contributed by atoms with van der Waals surface area (Å²) in [6.45, 7) is 1.22. The molecule has 1 aromatic rings. The number of aryl methyl sites for hydroxylation is 1. The van der Waals surface area contributed by atoms with E-state index in [1.54, 1.807) is 0 Å². The van der Waals surface area contributed by atoms with Gasteiger partial charge in [0.25, 0.3) is 11.4 Å². The van der Waals surface area contributed by atoms with Crippen LogP contribution < -0.4 is 0 Å². The monoisotopic (exact) mass is 315 g/mol. The summed E-state index contributed by atoms with van der Waals surface area (Å²) in [5.41, 5.74) is -2.25. The maximum absolute atomic E-state index is 11.1. The van der Waals surface area contributed by atoms with Crippen LogP contribution in [0.25, 0.3) is 0 Å². The van der Waals surface area contributed by atoms with Crippen molar-refractivity contribution in [2.75, 3.05) is 7.05 Å². The Morgan fingerprint density at radius 1 is 0.955 bits per heavy atom. The first kappa shape index (κ1) is 16.7. The number of hydrogen-bond acceptors (Lipinski definition) is 8. The Kier molecular flexibility index (Phi) is 4.50. The Bertz CT molecular complexity index is 674. The minimum Gasteiger partial charge on any atom is -0.262 e. The Morgan fingerprint density at radius 2 is 1.45 bits per heavy atom. The maximum atomic E-state index is 11.1. The van der Waals surface area contributed by atoms with Gasteiger partial charge < -0.3 is 0 Å². The second-order valence-corrected chi connectivity index (χ2v) is 4.18. The number of benzene rings is 1. The normalized spacial score (nSPS) is 11.5. The summed E-state index contributed by atoms with van der Waals surface area (Å²) < 4.78 is 0. The first-order chi connectivity index (χ1) is 10.1. The van der Waals surface area contributed by atoms with Crippen LogP contribution in [-0.4, -0.2) is 31.9 Å². The highest BCUT2D eigenvalue weighted by molar-refractivity contribution is 5.54. The van der Waals surface area contributed by atoms with Crippen LogP contribution in [0.5, 0.6) is 0 Å². The summed E-state index contributed by atoms with van der Waals surface area (Å²) in [5, 5.41) is 42.5. The van der Waals surface area contributed by atoms with E-state index in [0.717, 1.165) is 13.1 Å². The summed E-state index contributed by atoms with van der Waals surface area (Å²) >= 11 is 0. The molecule has 0 spiro atoms. The first-order valence-electron chi connectivity index (χ1n) is 5.51. The Balaban J connectivity index is 3.65. The van der Waals surface area contributed by atoms with Gasteiger partial charge in [0, 0.05) is 5.56 Å². The van der Waals surface area contributed by atoms with Crippen molar-refractivity contribution in [3.63, 3.8) is 0 Å². The zero-order chi connectivity index (χ0) is 17.2. The lowest BCUT2D eigenvalue weighted by Crippen LogP contribution is -2.35. The number of nitrogens with zero attached hydrogens (tertiary/aromatic N) is 5. The Labute approximate surface area is 121 Å². The van der Waals surface area contributed by atoms with Gasteiger partial charge in [-0.25, -0.2) is 10.1 Å². The SMILES string of the molecule is Cc1cc(C(N(C)[N+](=O)[O-])[N+](=O)[O-])c([N+](=O)[O-])cc1[N+](=O)[O-]. The van der Waals surface area contributed by atoms with Gasteiger partial charge in [-0.2, -0.15) is 0 Å². The largest absolute Gasteiger partial charge is 0.368 e. The third-order valence-corrected chi connectivity index (χ3v) is 2.83. The van der Waals surface area contributed by atoms with E-state index >= 15 is 0 Å². The predicted molar refractivity (Wildman–Crippen MR) is 69.0 cm³/mol. The fraction of sp³-hybridized carbons (Fsp3) is 0.333. The molecule has 118 valence electrons. The van der Waals surface area contributed by atoms with Crippen molar-refractivity contribution in [3.8, 4) is 0 Å². The van der Waals surface area contributed by atoms with Gasteiger partial charge in [-0.3, -0.25) is 30.3 Å². The molecule has 22 heavy (non-hydrogen) atoms. The number of hydrogen-bond donors (Lipinski definition) is 0. The highest BCUT2D eigenvalue weighted by Crippen LogP contribution is 2.34. The fourth-order valence-electron chi connectivity index (χ4n) is 1.81. The molecule has 0 aliphatic heterocycles. The molecule has 0 fully saturated rings. The topological polar surface area (TPSA) is 176 Å². The number of nitro groups is 4. The lowest BCUT2D eigenvalue weighted by molar-refractivity contribution is -0.731. The average molecular weight is 315 g/mol. The van der Waals surface area contributed by atoms with Crippen LogP contribution in [0.1, 0.15) is 17.3 Å². The van der Waals surface area contributed by atoms with Crippen molar-refractivity contribution in [1.82, 2.24) is 5.01 Å². The summed E-state index contributed by atoms with van der Waals surface area (Å²) in [5.74, 6) is 0. The lowest BCUT2D eigenvalue weighted by atomic mass is 10.0. The molecule has 1 rings (SSSR count). The second-order valence-electron chi connectivity index (χ2n) is 4.18. The minimum absolute atomic E-state index is 0.0770. The van der Waals surface area contributed by atoms with E-state index < -0.39 is 42.9 Å². The maximum Gasteiger partial charge on any atom is 0.368 e. The van der Waals surface area contributed by atoms with Crippen LogP contribution in [0, 0.1) is 47.4 Å². The second kappa shape index (κ2) is 5.94. The summed E-state index contributed by atoms with van der Waals surface area (Å²) in [7, 11) is 0.772. The van der Waals surface area contributed by atoms with Crippen LogP contribution in [0.15, 0.2) is 12.1 Å². The quantitative estimate of drug-likeness (QED) is 0.424. The van der Waals surface area contributed by atoms with Crippen molar-refractivity contribution in [1.29, 1.82) is 0 Å². The standard InChI is InChI=1S/C9H9N5O8/c1-5-3-6(9(13(19)20)10(2)14(21)22)8(12(17)18)4-7(5)11(15)16/h3-4,9H,1-2H3. The van der Waals surface area contributed by atoms with E-state index in [2.05, 4.69) is 0 Å². The van der Waals surface area contributed by atoms with Crippen molar-refractivity contribution < 1.29 is 19.8 Å². The van der Waals surface area contributed by atoms with E-state index in [1.165, 1.54) is 6.92 Å². The third kappa shape index (κ3) is 3.02. The van der Waals surface area contributed by atoms with E-state index in [9.17, 15) is 40.5 Å². The summed E-state index contributed by atoms with van der Waals surface area (Å²) in [6, 6.07) is 1.39. The minimum atomic E-state index is -2.16. The van der Waals surface area contributed by atoms with Gasteiger partial charge in [-0.1, -0.05) is 5.01 Å². The van der Waals surface area contributed by atoms with Gasteiger partial charge in [-0.15, -0.1) is 0 Å². The summed E-state index contributed by atoms with van der Waals surface area (Å²) in [4.78, 5) is 40.5. The van der Waals surface area contributed by atoms with Crippen LogP contribution >= 0.6 is 0 Å². The number of nitro benzene ring substituents is 2. The van der Waals surface area contributed by atoms with Gasteiger partial charge >= 0.3 is 6.17 Å². The molecule has 0 aliphatic carbocycles. The molecule has 0 bridgehead atoms. The van der Waals surface area contributed by atoms with E-state index in [4.69, 9.17) is 0 Å². The van der Waals surface area contributed by atoms with Crippen LogP contribution in [-0.2, 0) is 0 Å². The molecule has 0 aromatic heterocycles. The molecule has 0 N–H and O–H groups in total. The van der Waals surface area contributed by atoms with Crippen molar-refractivity contribution >= 4 is 11.4 Å². The van der Waals surface area contributed by atoms with Gasteiger partial charge in [0.15, 0.2) is 5.03 Å². The molecular formula is C9H9N5O8. The Morgan fingerprint density at radius 3 is 1.82 bits per heavy atom. The van der Waals surface area contributed by atoms with Crippen molar-refractivity contribution in [3.05, 3.63) is 63.7 Å². The van der Waals surface area contributed by atoms with Gasteiger partial charge in [0.1, 0.15) is 5.56 Å². The molecule has 0 radical (unpaired) electrons. The molecule has 0 heterocycles. The van der Waals surface area contributed by atoms with Crippen LogP contribution in [0.4, 0.5) is 11.4 Å². The average Bonchev–Trinajstić information content (AvgIpc) is 2.37. The van der Waals surface area contributed by atoms with Crippen molar-refractivity contribution in [2.24, 2.45) is 0 Å².